The number of carboxylic acids is 1. The van der Waals surface area contributed by atoms with Crippen LogP contribution in [0.1, 0.15) is 19.4 Å². The van der Waals surface area contributed by atoms with E-state index in [1.807, 2.05) is 50.2 Å². The van der Waals surface area contributed by atoms with Crippen LogP contribution in [0.25, 0.3) is 0 Å². The molecule has 0 heterocycles. The lowest BCUT2D eigenvalue weighted by atomic mass is 10.1. The molecule has 1 N–H and O–H groups in total. The van der Waals surface area contributed by atoms with Crippen LogP contribution in [0.5, 0.6) is 17.2 Å². The molecule has 0 fully saturated rings. The number of benzene rings is 2. The Hall–Kier alpha value is -2.95. The number of aliphatic carboxylic acids is 1. The summed E-state index contributed by atoms with van der Waals surface area (Å²) in [6, 6.07) is 14.7. The van der Waals surface area contributed by atoms with Gasteiger partial charge in [-0.3, -0.25) is 0 Å². The minimum absolute atomic E-state index is 0.0693. The Balaban J connectivity index is 2.23. The number of methoxy groups -OCH3 is 1. The molecular formula is C20H22O5. The van der Waals surface area contributed by atoms with E-state index >= 15 is 0 Å². The van der Waals surface area contributed by atoms with Gasteiger partial charge in [0.2, 0.25) is 0 Å². The van der Waals surface area contributed by atoms with E-state index in [9.17, 15) is 9.90 Å². The highest BCUT2D eigenvalue weighted by Gasteiger charge is 2.13. The average molecular weight is 342 g/mol. The van der Waals surface area contributed by atoms with E-state index in [-0.39, 0.29) is 18.1 Å². The molecule has 0 aliphatic heterocycles. The van der Waals surface area contributed by atoms with Gasteiger partial charge in [0.05, 0.1) is 25.0 Å². The minimum Gasteiger partial charge on any atom is -0.504 e. The number of hydrogen-bond donors (Lipinski definition) is 1. The molecule has 132 valence electrons. The Labute approximate surface area is 147 Å². The van der Waals surface area contributed by atoms with Crippen molar-refractivity contribution in [3.63, 3.8) is 0 Å². The Kier molecular flexibility index (Phi) is 6.46. The maximum atomic E-state index is 11.3. The van der Waals surface area contributed by atoms with Gasteiger partial charge >= 0.3 is 5.97 Å². The predicted molar refractivity (Wildman–Crippen MR) is 95.2 cm³/mol. The summed E-state index contributed by atoms with van der Waals surface area (Å²) in [5, 5.41) is 9.26. The van der Waals surface area contributed by atoms with E-state index in [2.05, 4.69) is 0 Å². The number of rotatable bonds is 8. The zero-order valence-electron chi connectivity index (χ0n) is 14.6. The first-order valence-electron chi connectivity index (χ1n) is 7.97. The number of hydrogen-bond acceptors (Lipinski definition) is 4. The SMILES string of the molecule is CO/C=C(\Cc1ccccc1Oc1cccc(OC(C)C)c1)C(=O)O. The van der Waals surface area contributed by atoms with Gasteiger partial charge in [-0.1, -0.05) is 24.3 Å². The topological polar surface area (TPSA) is 65.0 Å². The molecule has 5 nitrogen and oxygen atoms in total. The summed E-state index contributed by atoms with van der Waals surface area (Å²) in [5.74, 6) is 0.908. The Morgan fingerprint density at radius 1 is 1.12 bits per heavy atom. The molecule has 2 rings (SSSR count). The second kappa shape index (κ2) is 8.78. The van der Waals surface area contributed by atoms with Crippen molar-refractivity contribution < 1.29 is 24.1 Å². The van der Waals surface area contributed by atoms with Crippen molar-refractivity contribution in [1.82, 2.24) is 0 Å². The zero-order valence-corrected chi connectivity index (χ0v) is 14.6. The van der Waals surface area contributed by atoms with Crippen LogP contribution in [-0.4, -0.2) is 24.3 Å². The van der Waals surface area contributed by atoms with Gasteiger partial charge in [0, 0.05) is 12.5 Å². The molecule has 0 saturated heterocycles. The Morgan fingerprint density at radius 2 is 1.84 bits per heavy atom. The van der Waals surface area contributed by atoms with Crippen molar-refractivity contribution >= 4 is 5.97 Å². The van der Waals surface area contributed by atoms with Crippen LogP contribution in [0.3, 0.4) is 0 Å². The van der Waals surface area contributed by atoms with Crippen molar-refractivity contribution in [2.24, 2.45) is 0 Å². The molecule has 0 amide bonds. The monoisotopic (exact) mass is 342 g/mol. The fraction of sp³-hybridized carbons (Fsp3) is 0.250. The van der Waals surface area contributed by atoms with Gasteiger partial charge in [-0.05, 0) is 37.6 Å². The van der Waals surface area contributed by atoms with Crippen LogP contribution in [0.4, 0.5) is 0 Å². The number of carbonyl (C=O) groups is 1. The third-order valence-electron chi connectivity index (χ3n) is 3.29. The smallest absolute Gasteiger partial charge is 0.335 e. The third kappa shape index (κ3) is 5.57. The van der Waals surface area contributed by atoms with Gasteiger partial charge in [0.1, 0.15) is 17.2 Å². The molecule has 0 spiro atoms. The molecule has 25 heavy (non-hydrogen) atoms. The lowest BCUT2D eigenvalue weighted by molar-refractivity contribution is -0.132. The van der Waals surface area contributed by atoms with E-state index < -0.39 is 5.97 Å². The van der Waals surface area contributed by atoms with E-state index in [0.717, 1.165) is 11.3 Å². The standard InChI is InChI=1S/C20H22O5/c1-14(2)24-17-8-6-9-18(12-17)25-19-10-5-4-7-15(19)11-16(13-23-3)20(21)22/h4-10,12-14H,11H2,1-3H3,(H,21,22)/b16-13+. The van der Waals surface area contributed by atoms with Crippen LogP contribution >= 0.6 is 0 Å². The molecule has 0 bridgehead atoms. The minimum atomic E-state index is -1.02. The second-order valence-corrected chi connectivity index (χ2v) is 5.71. The van der Waals surface area contributed by atoms with Gasteiger partial charge in [-0.2, -0.15) is 0 Å². The highest BCUT2D eigenvalue weighted by Crippen LogP contribution is 2.29. The first kappa shape index (κ1) is 18.4. The third-order valence-corrected chi connectivity index (χ3v) is 3.29. The fourth-order valence-corrected chi connectivity index (χ4v) is 2.27. The van der Waals surface area contributed by atoms with Crippen LogP contribution in [0.15, 0.2) is 60.4 Å². The van der Waals surface area contributed by atoms with Crippen molar-refractivity contribution in [2.45, 2.75) is 26.4 Å². The van der Waals surface area contributed by atoms with Gasteiger partial charge in [0.25, 0.3) is 0 Å². The van der Waals surface area contributed by atoms with Crippen molar-refractivity contribution in [2.75, 3.05) is 7.11 Å². The van der Waals surface area contributed by atoms with E-state index in [0.29, 0.717) is 11.5 Å². The second-order valence-electron chi connectivity index (χ2n) is 5.71. The molecule has 5 heteroatoms. The molecule has 0 aliphatic rings. The molecule has 0 aromatic heterocycles. The van der Waals surface area contributed by atoms with Crippen LogP contribution in [0, 0.1) is 0 Å². The fourth-order valence-electron chi connectivity index (χ4n) is 2.27. The summed E-state index contributed by atoms with van der Waals surface area (Å²) in [7, 11) is 1.42. The summed E-state index contributed by atoms with van der Waals surface area (Å²) in [6.45, 7) is 3.91. The maximum absolute atomic E-state index is 11.3. The van der Waals surface area contributed by atoms with Crippen molar-refractivity contribution in [1.29, 1.82) is 0 Å². The highest BCUT2D eigenvalue weighted by atomic mass is 16.5. The first-order valence-corrected chi connectivity index (χ1v) is 7.97. The highest BCUT2D eigenvalue weighted by molar-refractivity contribution is 5.86. The van der Waals surface area contributed by atoms with Gasteiger partial charge in [-0.15, -0.1) is 0 Å². The molecule has 2 aromatic carbocycles. The zero-order chi connectivity index (χ0) is 18.2. The molecule has 0 aliphatic carbocycles. The van der Waals surface area contributed by atoms with E-state index in [4.69, 9.17) is 14.2 Å². The van der Waals surface area contributed by atoms with Crippen molar-refractivity contribution in [3.05, 3.63) is 65.9 Å². The molecular weight excluding hydrogens is 320 g/mol. The number of carboxylic acid groups (broad SMARTS) is 1. The van der Waals surface area contributed by atoms with Gasteiger partial charge < -0.3 is 19.3 Å². The largest absolute Gasteiger partial charge is 0.504 e. The van der Waals surface area contributed by atoms with Crippen LogP contribution < -0.4 is 9.47 Å². The molecule has 0 saturated carbocycles. The average Bonchev–Trinajstić information content (AvgIpc) is 2.55. The van der Waals surface area contributed by atoms with Gasteiger partial charge in [0.15, 0.2) is 0 Å². The molecule has 0 radical (unpaired) electrons. The van der Waals surface area contributed by atoms with Crippen molar-refractivity contribution in [3.8, 4) is 17.2 Å². The Morgan fingerprint density at radius 3 is 2.52 bits per heavy atom. The summed E-state index contributed by atoms with van der Waals surface area (Å²) in [5.41, 5.74) is 0.902. The quantitative estimate of drug-likeness (QED) is 0.568. The lowest BCUT2D eigenvalue weighted by Gasteiger charge is -2.14. The van der Waals surface area contributed by atoms with Crippen LogP contribution in [0.2, 0.25) is 0 Å². The molecule has 2 aromatic rings. The lowest BCUT2D eigenvalue weighted by Crippen LogP contribution is -2.06. The van der Waals surface area contributed by atoms with Crippen LogP contribution in [-0.2, 0) is 16.0 Å². The summed E-state index contributed by atoms with van der Waals surface area (Å²) in [4.78, 5) is 11.3. The van der Waals surface area contributed by atoms with E-state index in [1.54, 1.807) is 12.1 Å². The van der Waals surface area contributed by atoms with E-state index in [1.165, 1.54) is 13.4 Å². The Bertz CT molecular complexity index is 749. The first-order chi connectivity index (χ1) is 12.0. The predicted octanol–water partition coefficient (Wildman–Crippen LogP) is 4.42. The van der Waals surface area contributed by atoms with Gasteiger partial charge in [-0.25, -0.2) is 4.79 Å². The maximum Gasteiger partial charge on any atom is 0.335 e. The summed E-state index contributed by atoms with van der Waals surface area (Å²) < 4.78 is 16.5. The summed E-state index contributed by atoms with van der Waals surface area (Å²) in [6.07, 6.45) is 1.50. The number of para-hydroxylation sites is 1. The number of ether oxygens (including phenoxy) is 3. The molecule has 0 unspecified atom stereocenters. The normalized spacial score (nSPS) is 11.3. The molecule has 0 atom stereocenters. The summed E-state index contributed by atoms with van der Waals surface area (Å²) >= 11 is 0.